The highest BCUT2D eigenvalue weighted by Gasteiger charge is 2.30. The van der Waals surface area contributed by atoms with Crippen LogP contribution in [0.4, 0.5) is 0 Å². The van der Waals surface area contributed by atoms with Gasteiger partial charge >= 0.3 is 0 Å². The fourth-order valence-corrected chi connectivity index (χ4v) is 4.66. The van der Waals surface area contributed by atoms with E-state index in [1.165, 1.54) is 5.56 Å². The Balaban J connectivity index is 1.63. The number of piperidine rings is 1. The van der Waals surface area contributed by atoms with E-state index in [-0.39, 0.29) is 12.0 Å². The Bertz CT molecular complexity index is 781. The summed E-state index contributed by atoms with van der Waals surface area (Å²) in [5.41, 5.74) is 2.19. The normalized spacial score (nSPS) is 21.6. The van der Waals surface area contributed by atoms with Gasteiger partial charge in [0.1, 0.15) is 0 Å². The summed E-state index contributed by atoms with van der Waals surface area (Å²) in [5.74, 6) is 0.254. The second-order valence-corrected chi connectivity index (χ2v) is 8.57. The maximum atomic E-state index is 12.5. The second-order valence-electron chi connectivity index (χ2n) is 7.04. The minimum Gasteiger partial charge on any atom is -0.306 e. The number of nitrogens with one attached hydrogen (secondary N) is 2. The van der Waals surface area contributed by atoms with Crippen molar-refractivity contribution in [1.29, 1.82) is 0 Å². The summed E-state index contributed by atoms with van der Waals surface area (Å²) in [6.45, 7) is 2.09. The van der Waals surface area contributed by atoms with E-state index >= 15 is 0 Å². The van der Waals surface area contributed by atoms with E-state index in [1.54, 1.807) is 0 Å². The van der Waals surface area contributed by atoms with Crippen molar-refractivity contribution in [2.75, 3.05) is 20.1 Å². The molecule has 2 atom stereocenters. The van der Waals surface area contributed by atoms with Crippen LogP contribution in [0.1, 0.15) is 17.5 Å². The van der Waals surface area contributed by atoms with Crippen molar-refractivity contribution in [3.63, 3.8) is 0 Å². The highest BCUT2D eigenvalue weighted by molar-refractivity contribution is 7.87. The molecule has 0 aliphatic carbocycles. The molecule has 1 saturated heterocycles. The van der Waals surface area contributed by atoms with Gasteiger partial charge in [-0.3, -0.25) is 0 Å². The Kier molecular flexibility index (Phi) is 6.43. The van der Waals surface area contributed by atoms with E-state index in [0.717, 1.165) is 31.5 Å². The third kappa shape index (κ3) is 5.64. The molecule has 2 N–H and O–H groups in total. The quantitative estimate of drug-likeness (QED) is 0.782. The van der Waals surface area contributed by atoms with Crippen LogP contribution in [0.2, 0.25) is 0 Å². The van der Waals surface area contributed by atoms with Crippen LogP contribution in [0.3, 0.4) is 0 Å². The van der Waals surface area contributed by atoms with Crippen LogP contribution in [0.15, 0.2) is 60.7 Å². The van der Waals surface area contributed by atoms with Gasteiger partial charge in [-0.25, -0.2) is 0 Å². The summed E-state index contributed by atoms with van der Waals surface area (Å²) in [5, 5.41) is 0. The molecule has 1 fully saturated rings. The summed E-state index contributed by atoms with van der Waals surface area (Å²) < 4.78 is 30.6. The molecular weight excluding hydrogens is 346 g/mol. The molecular formula is C20H27N3O2S. The molecule has 0 amide bonds. The number of rotatable bonds is 7. The van der Waals surface area contributed by atoms with Crippen LogP contribution in [0.25, 0.3) is 0 Å². The summed E-state index contributed by atoms with van der Waals surface area (Å²) in [7, 11) is -1.45. The minimum absolute atomic E-state index is 0.0559. The number of benzene rings is 2. The molecule has 0 aromatic heterocycles. The maximum absolute atomic E-state index is 12.5. The largest absolute Gasteiger partial charge is 0.306 e. The van der Waals surface area contributed by atoms with Crippen molar-refractivity contribution in [1.82, 2.24) is 14.3 Å². The van der Waals surface area contributed by atoms with Crippen molar-refractivity contribution < 1.29 is 8.42 Å². The van der Waals surface area contributed by atoms with Gasteiger partial charge in [0.15, 0.2) is 0 Å². The van der Waals surface area contributed by atoms with Gasteiger partial charge in [0.05, 0.1) is 0 Å². The fourth-order valence-electron chi connectivity index (χ4n) is 3.51. The zero-order chi connectivity index (χ0) is 18.4. The monoisotopic (exact) mass is 373 g/mol. The molecule has 1 heterocycles. The second kappa shape index (κ2) is 8.77. The van der Waals surface area contributed by atoms with E-state index in [4.69, 9.17) is 0 Å². The Morgan fingerprint density at radius 1 is 1.00 bits per heavy atom. The van der Waals surface area contributed by atoms with Crippen molar-refractivity contribution in [3.05, 3.63) is 71.8 Å². The van der Waals surface area contributed by atoms with Crippen LogP contribution >= 0.6 is 0 Å². The maximum Gasteiger partial charge on any atom is 0.277 e. The van der Waals surface area contributed by atoms with Crippen molar-refractivity contribution in [2.24, 2.45) is 5.92 Å². The van der Waals surface area contributed by atoms with E-state index in [0.29, 0.717) is 6.54 Å². The molecule has 6 heteroatoms. The van der Waals surface area contributed by atoms with Crippen LogP contribution in [0.5, 0.6) is 0 Å². The topological polar surface area (TPSA) is 61.4 Å². The van der Waals surface area contributed by atoms with E-state index in [9.17, 15) is 8.42 Å². The molecule has 0 radical (unpaired) electrons. The van der Waals surface area contributed by atoms with Gasteiger partial charge in [-0.05, 0) is 43.5 Å². The van der Waals surface area contributed by atoms with Crippen molar-refractivity contribution in [2.45, 2.75) is 25.4 Å². The van der Waals surface area contributed by atoms with Gasteiger partial charge < -0.3 is 4.90 Å². The molecule has 26 heavy (non-hydrogen) atoms. The number of nitrogens with zero attached hydrogens (tertiary/aromatic N) is 1. The summed E-state index contributed by atoms with van der Waals surface area (Å²) in [6.07, 6.45) is 1.69. The molecule has 3 rings (SSSR count). The average molecular weight is 374 g/mol. The molecule has 2 aromatic rings. The highest BCUT2D eigenvalue weighted by Crippen LogP contribution is 2.21. The molecule has 5 nitrogen and oxygen atoms in total. The Labute approximate surface area is 156 Å². The number of hydrogen-bond acceptors (Lipinski definition) is 3. The molecule has 2 aromatic carbocycles. The number of hydrogen-bond donors (Lipinski definition) is 2. The predicted molar refractivity (Wildman–Crippen MR) is 105 cm³/mol. The molecule has 0 unspecified atom stereocenters. The lowest BCUT2D eigenvalue weighted by molar-refractivity contribution is 0.176. The molecule has 0 bridgehead atoms. The van der Waals surface area contributed by atoms with Gasteiger partial charge in [-0.15, -0.1) is 0 Å². The molecule has 1 aliphatic heterocycles. The van der Waals surface area contributed by atoms with Gasteiger partial charge in [0.2, 0.25) is 0 Å². The Hall–Kier alpha value is -1.73. The Morgan fingerprint density at radius 3 is 2.27 bits per heavy atom. The average Bonchev–Trinajstić information content (AvgIpc) is 2.64. The van der Waals surface area contributed by atoms with Crippen LogP contribution in [-0.2, 0) is 23.2 Å². The minimum atomic E-state index is -3.54. The number of likely N-dealkylation sites (tertiary alicyclic amines) is 1. The lowest BCUT2D eigenvalue weighted by Crippen LogP contribution is -2.52. The molecule has 140 valence electrons. The first kappa shape index (κ1) is 19.0. The molecule has 0 saturated carbocycles. The van der Waals surface area contributed by atoms with Gasteiger partial charge in [-0.2, -0.15) is 17.9 Å². The van der Waals surface area contributed by atoms with Crippen LogP contribution in [0, 0.1) is 5.92 Å². The summed E-state index contributed by atoms with van der Waals surface area (Å²) in [4.78, 5) is 2.27. The molecule has 0 spiro atoms. The summed E-state index contributed by atoms with van der Waals surface area (Å²) in [6, 6.07) is 19.8. The van der Waals surface area contributed by atoms with E-state index in [1.807, 2.05) is 48.5 Å². The third-order valence-corrected chi connectivity index (χ3v) is 6.03. The highest BCUT2D eigenvalue weighted by atomic mass is 32.2. The van der Waals surface area contributed by atoms with Crippen LogP contribution in [-0.4, -0.2) is 39.5 Å². The van der Waals surface area contributed by atoms with Gasteiger partial charge in [-0.1, -0.05) is 60.7 Å². The lowest BCUT2D eigenvalue weighted by atomic mass is 9.87. The fraction of sp³-hybridized carbons (Fsp3) is 0.400. The first-order valence-corrected chi connectivity index (χ1v) is 10.5. The van der Waals surface area contributed by atoms with Crippen molar-refractivity contribution in [3.8, 4) is 0 Å². The first-order chi connectivity index (χ1) is 12.5. The third-order valence-electron chi connectivity index (χ3n) is 4.89. The van der Waals surface area contributed by atoms with Gasteiger partial charge in [0.25, 0.3) is 10.2 Å². The standard InChI is InChI=1S/C20H27N3O2S/c1-23-13-12-20(19(16-23)14-17-8-4-2-5-9-17)22-26(24,25)21-15-18-10-6-3-7-11-18/h2-11,19-22H,12-16H2,1H3/t19-,20+/m1/s1. The molecule has 1 aliphatic rings. The SMILES string of the molecule is CN1CC[C@H](NS(=O)(=O)NCc2ccccc2)[C@H](Cc2ccccc2)C1. The summed E-state index contributed by atoms with van der Waals surface area (Å²) >= 11 is 0. The smallest absolute Gasteiger partial charge is 0.277 e. The predicted octanol–water partition coefficient (Wildman–Crippen LogP) is 2.17. The zero-order valence-electron chi connectivity index (χ0n) is 15.1. The first-order valence-electron chi connectivity index (χ1n) is 9.05. The van der Waals surface area contributed by atoms with Gasteiger partial charge in [0, 0.05) is 19.1 Å². The lowest BCUT2D eigenvalue weighted by Gasteiger charge is -2.37. The van der Waals surface area contributed by atoms with Crippen molar-refractivity contribution >= 4 is 10.2 Å². The van der Waals surface area contributed by atoms with Crippen LogP contribution < -0.4 is 9.44 Å². The Morgan fingerprint density at radius 2 is 1.62 bits per heavy atom. The van der Waals surface area contributed by atoms with E-state index in [2.05, 4.69) is 33.5 Å². The van der Waals surface area contributed by atoms with E-state index < -0.39 is 10.2 Å². The zero-order valence-corrected chi connectivity index (χ0v) is 16.0.